The Hall–Kier alpha value is -1.39. The van der Waals surface area contributed by atoms with Crippen LogP contribution in [0, 0.1) is 0 Å². The molecule has 0 aliphatic heterocycles. The Morgan fingerprint density at radius 2 is 1.71 bits per heavy atom. The topological polar surface area (TPSA) is 43.8 Å². The minimum atomic E-state index is -0.969. The van der Waals surface area contributed by atoms with Crippen LogP contribution in [0.1, 0.15) is 25.8 Å². The Bertz CT molecular complexity index is 459. The van der Waals surface area contributed by atoms with Crippen molar-refractivity contribution >= 4 is 5.91 Å². The summed E-state index contributed by atoms with van der Waals surface area (Å²) in [5.74, 6) is -0.0655. The van der Waals surface area contributed by atoms with E-state index >= 15 is 0 Å². The zero-order valence-electron chi connectivity index (χ0n) is 14.0. The van der Waals surface area contributed by atoms with Crippen molar-refractivity contribution in [3.8, 4) is 0 Å². The predicted octanol–water partition coefficient (Wildman–Crippen LogP) is 1.73. The normalized spacial score (nSPS) is 17.1. The van der Waals surface area contributed by atoms with E-state index in [1.54, 1.807) is 19.0 Å². The Balaban J connectivity index is 3.60. The molecular weight excluding hydrogens is 264 g/mol. The number of hydrogen-bond acceptors (Lipinski definition) is 3. The molecule has 0 fully saturated rings. The van der Waals surface area contributed by atoms with Crippen molar-refractivity contribution in [3.05, 3.63) is 35.9 Å². The van der Waals surface area contributed by atoms with Crippen molar-refractivity contribution in [1.82, 2.24) is 9.80 Å². The van der Waals surface area contributed by atoms with Crippen molar-refractivity contribution in [2.75, 3.05) is 28.2 Å². The van der Waals surface area contributed by atoms with Crippen LogP contribution in [-0.2, 0) is 10.2 Å². The third kappa shape index (κ3) is 3.11. The summed E-state index contributed by atoms with van der Waals surface area (Å²) in [6.07, 6.45) is -0.223. The zero-order chi connectivity index (χ0) is 16.2. The van der Waals surface area contributed by atoms with Gasteiger partial charge in [0.1, 0.15) is 5.41 Å². The van der Waals surface area contributed by atoms with Crippen molar-refractivity contribution in [1.29, 1.82) is 0 Å². The van der Waals surface area contributed by atoms with Crippen LogP contribution in [0.25, 0.3) is 0 Å². The second kappa shape index (κ2) is 7.05. The summed E-state index contributed by atoms with van der Waals surface area (Å²) in [6.45, 7) is 3.90. The number of hydrogen-bond donors (Lipinski definition) is 1. The predicted molar refractivity (Wildman–Crippen MR) is 86.3 cm³/mol. The maximum Gasteiger partial charge on any atom is 0.236 e. The molecule has 0 saturated carbocycles. The Morgan fingerprint density at radius 1 is 1.19 bits per heavy atom. The van der Waals surface area contributed by atoms with E-state index in [-0.39, 0.29) is 11.9 Å². The monoisotopic (exact) mass is 292 g/mol. The summed E-state index contributed by atoms with van der Waals surface area (Å²) in [4.78, 5) is 16.6. The van der Waals surface area contributed by atoms with Crippen LogP contribution in [0.3, 0.4) is 0 Å². The van der Waals surface area contributed by atoms with Crippen molar-refractivity contribution in [2.24, 2.45) is 0 Å². The zero-order valence-corrected chi connectivity index (χ0v) is 14.0. The van der Waals surface area contributed by atoms with E-state index in [2.05, 4.69) is 0 Å². The van der Waals surface area contributed by atoms with Gasteiger partial charge in [0.15, 0.2) is 0 Å². The number of aliphatic hydroxyl groups is 1. The van der Waals surface area contributed by atoms with Crippen molar-refractivity contribution < 1.29 is 9.90 Å². The molecule has 1 aromatic carbocycles. The summed E-state index contributed by atoms with van der Waals surface area (Å²) < 4.78 is 0. The first-order valence-corrected chi connectivity index (χ1v) is 7.41. The summed E-state index contributed by atoms with van der Waals surface area (Å²) in [7, 11) is 7.36. The third-order valence-electron chi connectivity index (χ3n) is 4.36. The smallest absolute Gasteiger partial charge is 0.236 e. The van der Waals surface area contributed by atoms with Crippen LogP contribution in [-0.4, -0.2) is 61.2 Å². The van der Waals surface area contributed by atoms with Gasteiger partial charge in [0, 0.05) is 20.1 Å². The molecule has 1 rings (SSSR count). The quantitative estimate of drug-likeness (QED) is 0.868. The van der Waals surface area contributed by atoms with E-state index in [1.165, 1.54) is 0 Å². The Labute approximate surface area is 128 Å². The fourth-order valence-corrected chi connectivity index (χ4v) is 2.97. The molecule has 0 bridgehead atoms. The number of benzene rings is 1. The van der Waals surface area contributed by atoms with Crippen LogP contribution in [0.2, 0.25) is 0 Å². The number of amides is 1. The number of likely N-dealkylation sites (N-methyl/N-ethyl adjacent to an activating group) is 2. The molecule has 3 unspecified atom stereocenters. The summed E-state index contributed by atoms with van der Waals surface area (Å²) in [5, 5.41) is 10.8. The number of aliphatic hydroxyl groups excluding tert-OH is 1. The molecule has 0 radical (unpaired) electrons. The van der Waals surface area contributed by atoms with Crippen LogP contribution in [0.15, 0.2) is 30.3 Å². The fraction of sp³-hybridized carbons (Fsp3) is 0.588. The van der Waals surface area contributed by atoms with Gasteiger partial charge >= 0.3 is 0 Å². The van der Waals surface area contributed by atoms with Gasteiger partial charge in [-0.05, 0) is 33.0 Å². The highest BCUT2D eigenvalue weighted by Gasteiger charge is 2.51. The summed E-state index contributed by atoms with van der Waals surface area (Å²) >= 11 is 0. The van der Waals surface area contributed by atoms with Crippen LogP contribution >= 0.6 is 0 Å². The van der Waals surface area contributed by atoms with Gasteiger partial charge in [0.25, 0.3) is 0 Å². The van der Waals surface area contributed by atoms with Gasteiger partial charge in [0.05, 0.1) is 6.10 Å². The number of rotatable bonds is 6. The van der Waals surface area contributed by atoms with E-state index in [1.807, 2.05) is 63.2 Å². The molecule has 4 nitrogen and oxygen atoms in total. The van der Waals surface area contributed by atoms with Gasteiger partial charge < -0.3 is 14.9 Å². The average molecular weight is 292 g/mol. The molecular formula is C17H28N2O2. The molecule has 0 saturated heterocycles. The van der Waals surface area contributed by atoms with E-state index in [9.17, 15) is 9.90 Å². The Kier molecular flexibility index (Phi) is 5.93. The maximum absolute atomic E-state index is 13.1. The average Bonchev–Trinajstić information content (AvgIpc) is 2.48. The first kappa shape index (κ1) is 17.7. The molecule has 118 valence electrons. The molecule has 0 heterocycles. The lowest BCUT2D eigenvalue weighted by Crippen LogP contribution is -2.61. The summed E-state index contributed by atoms with van der Waals surface area (Å²) in [5.41, 5.74) is -0.109. The lowest BCUT2D eigenvalue weighted by molar-refractivity contribution is -0.143. The summed E-state index contributed by atoms with van der Waals surface area (Å²) in [6, 6.07) is 9.48. The first-order chi connectivity index (χ1) is 9.79. The van der Waals surface area contributed by atoms with Gasteiger partial charge in [0.2, 0.25) is 5.91 Å². The largest absolute Gasteiger partial charge is 0.392 e. The molecule has 0 aliphatic rings. The van der Waals surface area contributed by atoms with Gasteiger partial charge in [-0.1, -0.05) is 37.3 Å². The van der Waals surface area contributed by atoms with Crippen molar-refractivity contribution in [2.45, 2.75) is 37.8 Å². The lowest BCUT2D eigenvalue weighted by Gasteiger charge is -2.45. The fourth-order valence-electron chi connectivity index (χ4n) is 2.97. The molecule has 3 atom stereocenters. The Morgan fingerprint density at radius 3 is 2.10 bits per heavy atom. The number of carbonyl (C=O) groups excluding carboxylic acids is 1. The lowest BCUT2D eigenvalue weighted by atomic mass is 9.68. The molecule has 1 aromatic rings. The highest BCUT2D eigenvalue weighted by atomic mass is 16.3. The first-order valence-electron chi connectivity index (χ1n) is 7.41. The van der Waals surface area contributed by atoms with E-state index in [0.29, 0.717) is 6.42 Å². The number of carbonyl (C=O) groups is 1. The molecule has 21 heavy (non-hydrogen) atoms. The molecule has 1 amide bonds. The van der Waals surface area contributed by atoms with Gasteiger partial charge in [-0.15, -0.1) is 0 Å². The standard InChI is InChI=1S/C17H28N2O2/c1-7-15(20)17(13(2)18(3)4,16(21)19(5)6)14-11-9-8-10-12-14/h8-13,15,20H,7H2,1-6H3. The highest BCUT2D eigenvalue weighted by Crippen LogP contribution is 2.37. The second-order valence-corrected chi connectivity index (χ2v) is 6.00. The molecule has 4 heteroatoms. The van der Waals surface area contributed by atoms with Crippen LogP contribution in [0.4, 0.5) is 0 Å². The molecule has 1 N–H and O–H groups in total. The highest BCUT2D eigenvalue weighted by molar-refractivity contribution is 5.89. The second-order valence-electron chi connectivity index (χ2n) is 6.00. The maximum atomic E-state index is 13.1. The number of nitrogens with zero attached hydrogens (tertiary/aromatic N) is 2. The van der Waals surface area contributed by atoms with Gasteiger partial charge in [-0.25, -0.2) is 0 Å². The van der Waals surface area contributed by atoms with Crippen molar-refractivity contribution in [3.63, 3.8) is 0 Å². The van der Waals surface area contributed by atoms with E-state index < -0.39 is 11.5 Å². The SMILES string of the molecule is CCC(O)C(C(=O)N(C)C)(c1ccccc1)C(C)N(C)C. The molecule has 0 aromatic heterocycles. The van der Waals surface area contributed by atoms with Crippen LogP contribution in [0.5, 0.6) is 0 Å². The minimum Gasteiger partial charge on any atom is -0.392 e. The van der Waals surface area contributed by atoms with E-state index in [0.717, 1.165) is 5.56 Å². The molecule has 0 spiro atoms. The van der Waals surface area contributed by atoms with Gasteiger partial charge in [-0.2, -0.15) is 0 Å². The van der Waals surface area contributed by atoms with Gasteiger partial charge in [-0.3, -0.25) is 4.79 Å². The third-order valence-corrected chi connectivity index (χ3v) is 4.36. The molecule has 0 aliphatic carbocycles. The van der Waals surface area contributed by atoms with E-state index in [4.69, 9.17) is 0 Å². The minimum absolute atomic E-state index is 0.0655. The van der Waals surface area contributed by atoms with Crippen LogP contribution < -0.4 is 0 Å².